The summed E-state index contributed by atoms with van der Waals surface area (Å²) in [6.45, 7) is 0. The molecule has 0 aliphatic rings. The zero-order valence-corrected chi connectivity index (χ0v) is 17.6. The summed E-state index contributed by atoms with van der Waals surface area (Å²) in [5, 5.41) is 2.80. The molecule has 0 bridgehead atoms. The minimum absolute atomic E-state index is 0.166. The predicted octanol–water partition coefficient (Wildman–Crippen LogP) is 3.99. The van der Waals surface area contributed by atoms with E-state index in [0.29, 0.717) is 11.1 Å². The van der Waals surface area contributed by atoms with Crippen LogP contribution < -0.4 is 20.2 Å². The molecule has 30 heavy (non-hydrogen) atoms. The lowest BCUT2D eigenvalue weighted by Gasteiger charge is -2.15. The molecule has 6 nitrogen and oxygen atoms in total. The lowest BCUT2D eigenvalue weighted by molar-refractivity contribution is -0.368. The highest BCUT2D eigenvalue weighted by atomic mass is 32.1. The van der Waals surface area contributed by atoms with Gasteiger partial charge in [0.25, 0.3) is 0 Å². The summed E-state index contributed by atoms with van der Waals surface area (Å²) >= 11 is 1.52. The standard InChI is InChI=1S/C23H22N4O2S/c1-28-19-9-7-17(8-10-19)20(21-14-30-22(24)27-21)11-15-3-5-16(6-4-15)18-12-25-23(29-2)26-13-18/h3-10,12-14,20H,11H2,1-2H3,(H2,24,27)/p+1/t20-/m0/s1. The predicted molar refractivity (Wildman–Crippen MR) is 118 cm³/mol. The molecule has 4 rings (SSSR count). The number of hydrogen-bond donors (Lipinski definition) is 1. The second-order valence-corrected chi connectivity index (χ2v) is 7.78. The molecule has 0 unspecified atom stereocenters. The second kappa shape index (κ2) is 8.92. The van der Waals surface area contributed by atoms with Gasteiger partial charge in [-0.1, -0.05) is 47.7 Å². The van der Waals surface area contributed by atoms with Gasteiger partial charge in [0.15, 0.2) is 0 Å². The van der Waals surface area contributed by atoms with Gasteiger partial charge in [0.2, 0.25) is 0 Å². The van der Waals surface area contributed by atoms with Gasteiger partial charge in [0, 0.05) is 23.3 Å². The Kier molecular flexibility index (Phi) is 5.90. The Balaban J connectivity index is 1.59. The molecule has 2 aromatic carbocycles. The number of benzene rings is 2. The van der Waals surface area contributed by atoms with E-state index in [9.17, 15) is 0 Å². The summed E-state index contributed by atoms with van der Waals surface area (Å²) < 4.78 is 10.3. The SMILES string of the molecule is COc1ccc([C@H](Cc2ccc(-c3cnc(OC)nc3)cc2)c2csc(N)[nH+]2)cc1. The molecule has 1 atom stereocenters. The molecule has 3 N–H and O–H groups in total. The average Bonchev–Trinajstić information content (AvgIpc) is 3.24. The summed E-state index contributed by atoms with van der Waals surface area (Å²) in [6, 6.07) is 17.0. The summed E-state index contributed by atoms with van der Waals surface area (Å²) in [4.78, 5) is 11.7. The number of nitrogens with two attached hydrogens (primary N) is 1. The van der Waals surface area contributed by atoms with Crippen LogP contribution in [-0.4, -0.2) is 24.2 Å². The monoisotopic (exact) mass is 419 g/mol. The van der Waals surface area contributed by atoms with Crippen LogP contribution in [0, 0.1) is 0 Å². The molecule has 0 aliphatic carbocycles. The number of methoxy groups -OCH3 is 2. The third kappa shape index (κ3) is 4.41. The quantitative estimate of drug-likeness (QED) is 0.490. The minimum atomic E-state index is 0.166. The molecular weight excluding hydrogens is 396 g/mol. The van der Waals surface area contributed by atoms with E-state index in [-0.39, 0.29) is 5.92 Å². The number of thiazole rings is 1. The molecule has 0 amide bonds. The Morgan fingerprint density at radius 2 is 1.63 bits per heavy atom. The Bertz CT molecular complexity index is 1090. The van der Waals surface area contributed by atoms with Crippen LogP contribution in [0.4, 0.5) is 5.13 Å². The van der Waals surface area contributed by atoms with Crippen molar-refractivity contribution in [2.24, 2.45) is 0 Å². The molecule has 0 aliphatic heterocycles. The second-order valence-electron chi connectivity index (χ2n) is 6.87. The number of anilines is 1. The van der Waals surface area contributed by atoms with Gasteiger partial charge in [-0.05, 0) is 35.2 Å². The van der Waals surface area contributed by atoms with Crippen molar-refractivity contribution >= 4 is 16.5 Å². The van der Waals surface area contributed by atoms with Crippen molar-refractivity contribution in [3.63, 3.8) is 0 Å². The van der Waals surface area contributed by atoms with E-state index in [0.717, 1.165) is 29.0 Å². The first-order valence-corrected chi connectivity index (χ1v) is 10.4. The fourth-order valence-corrected chi connectivity index (χ4v) is 4.03. The maximum absolute atomic E-state index is 5.96. The van der Waals surface area contributed by atoms with E-state index < -0.39 is 0 Å². The van der Waals surface area contributed by atoms with Crippen LogP contribution in [0.2, 0.25) is 0 Å². The van der Waals surface area contributed by atoms with Crippen molar-refractivity contribution in [3.8, 4) is 22.9 Å². The van der Waals surface area contributed by atoms with Crippen LogP contribution in [0.15, 0.2) is 66.3 Å². The molecule has 0 saturated heterocycles. The molecule has 0 spiro atoms. The highest BCUT2D eigenvalue weighted by Crippen LogP contribution is 2.30. The number of H-pyrrole nitrogens is 1. The van der Waals surface area contributed by atoms with Gasteiger partial charge >= 0.3 is 11.1 Å². The Morgan fingerprint density at radius 3 is 2.20 bits per heavy atom. The first-order valence-electron chi connectivity index (χ1n) is 9.51. The van der Waals surface area contributed by atoms with E-state index >= 15 is 0 Å². The third-order valence-electron chi connectivity index (χ3n) is 5.01. The van der Waals surface area contributed by atoms with Gasteiger partial charge in [0.05, 0.1) is 20.1 Å². The number of nitrogen functional groups attached to an aromatic ring is 1. The molecule has 0 saturated carbocycles. The zero-order valence-electron chi connectivity index (χ0n) is 16.8. The topological polar surface area (TPSA) is 84.4 Å². The summed E-state index contributed by atoms with van der Waals surface area (Å²) in [5.41, 5.74) is 11.5. The Morgan fingerprint density at radius 1 is 0.933 bits per heavy atom. The zero-order chi connectivity index (χ0) is 20.9. The van der Waals surface area contributed by atoms with Crippen LogP contribution in [0.1, 0.15) is 22.7 Å². The Hall–Kier alpha value is -3.45. The molecular formula is C23H23N4O2S+. The van der Waals surface area contributed by atoms with Crippen LogP contribution in [0.25, 0.3) is 11.1 Å². The molecule has 7 heteroatoms. The van der Waals surface area contributed by atoms with Crippen molar-refractivity contribution < 1.29 is 14.5 Å². The molecule has 2 heterocycles. The lowest BCUT2D eigenvalue weighted by Crippen LogP contribution is -2.17. The number of ether oxygens (including phenoxy) is 2. The summed E-state index contributed by atoms with van der Waals surface area (Å²) in [5.74, 6) is 1.01. The van der Waals surface area contributed by atoms with E-state index in [1.807, 2.05) is 12.1 Å². The maximum Gasteiger partial charge on any atom is 0.329 e. The average molecular weight is 420 g/mol. The van der Waals surface area contributed by atoms with Crippen molar-refractivity contribution in [3.05, 3.63) is 83.1 Å². The van der Waals surface area contributed by atoms with Crippen LogP contribution >= 0.6 is 11.3 Å². The fraction of sp³-hybridized carbons (Fsp3) is 0.174. The van der Waals surface area contributed by atoms with Crippen molar-refractivity contribution in [2.45, 2.75) is 12.3 Å². The fourth-order valence-electron chi connectivity index (χ4n) is 3.38. The first-order chi connectivity index (χ1) is 14.7. The molecule has 0 fully saturated rings. The van der Waals surface area contributed by atoms with E-state index in [1.165, 1.54) is 22.5 Å². The molecule has 152 valence electrons. The number of hydrogen-bond acceptors (Lipinski definition) is 6. The highest BCUT2D eigenvalue weighted by molar-refractivity contribution is 7.13. The summed E-state index contributed by atoms with van der Waals surface area (Å²) in [7, 11) is 3.23. The molecule has 0 radical (unpaired) electrons. The van der Waals surface area contributed by atoms with Gasteiger partial charge in [-0.3, -0.25) is 5.73 Å². The number of aromatic amines is 1. The number of nitrogens with one attached hydrogen (secondary N) is 1. The van der Waals surface area contributed by atoms with E-state index in [1.54, 1.807) is 26.6 Å². The van der Waals surface area contributed by atoms with Crippen molar-refractivity contribution in [1.29, 1.82) is 0 Å². The lowest BCUT2D eigenvalue weighted by atomic mass is 9.89. The number of nitrogens with zero attached hydrogens (tertiary/aromatic N) is 2. The van der Waals surface area contributed by atoms with Gasteiger partial charge in [-0.25, -0.2) is 15.0 Å². The largest absolute Gasteiger partial charge is 0.497 e. The normalized spacial score (nSPS) is 11.8. The van der Waals surface area contributed by atoms with Gasteiger partial charge in [-0.2, -0.15) is 0 Å². The maximum atomic E-state index is 5.96. The number of rotatable bonds is 7. The van der Waals surface area contributed by atoms with Crippen molar-refractivity contribution in [1.82, 2.24) is 9.97 Å². The van der Waals surface area contributed by atoms with Gasteiger partial charge in [-0.15, -0.1) is 0 Å². The third-order valence-corrected chi connectivity index (χ3v) is 5.74. The van der Waals surface area contributed by atoms with Gasteiger partial charge < -0.3 is 9.47 Å². The van der Waals surface area contributed by atoms with Crippen LogP contribution in [-0.2, 0) is 6.42 Å². The van der Waals surface area contributed by atoms with Gasteiger partial charge in [0.1, 0.15) is 11.4 Å². The minimum Gasteiger partial charge on any atom is -0.497 e. The molecule has 2 aromatic heterocycles. The Labute approximate surface area is 179 Å². The smallest absolute Gasteiger partial charge is 0.329 e. The molecule has 4 aromatic rings. The van der Waals surface area contributed by atoms with Crippen LogP contribution in [0.3, 0.4) is 0 Å². The van der Waals surface area contributed by atoms with Crippen molar-refractivity contribution in [2.75, 3.05) is 20.0 Å². The first kappa shape index (κ1) is 19.8. The van der Waals surface area contributed by atoms with E-state index in [2.05, 4.69) is 56.7 Å². The number of aromatic nitrogens is 3. The highest BCUT2D eigenvalue weighted by Gasteiger charge is 2.20. The summed E-state index contributed by atoms with van der Waals surface area (Å²) in [6.07, 6.45) is 4.38. The van der Waals surface area contributed by atoms with Crippen LogP contribution in [0.5, 0.6) is 11.8 Å². The van der Waals surface area contributed by atoms with E-state index in [4.69, 9.17) is 15.2 Å².